The first-order valence-corrected chi connectivity index (χ1v) is 5.55. The van der Waals surface area contributed by atoms with Crippen LogP contribution in [0, 0.1) is 0 Å². The normalized spacial score (nSPS) is 14.2. The molecule has 2 rings (SSSR count). The first-order valence-electron chi connectivity index (χ1n) is 5.55. The minimum atomic E-state index is 0.0727. The second kappa shape index (κ2) is 4.04. The summed E-state index contributed by atoms with van der Waals surface area (Å²) >= 11 is 0. The lowest BCUT2D eigenvalue weighted by Gasteiger charge is -2.24. The van der Waals surface area contributed by atoms with Crippen LogP contribution >= 0.6 is 0 Å². The second-order valence-corrected chi connectivity index (χ2v) is 4.13. The molecule has 0 saturated heterocycles. The fourth-order valence-corrected chi connectivity index (χ4v) is 1.93. The summed E-state index contributed by atoms with van der Waals surface area (Å²) in [5.41, 5.74) is 9.76. The van der Waals surface area contributed by atoms with E-state index < -0.39 is 0 Å². The van der Waals surface area contributed by atoms with Crippen LogP contribution in [0.15, 0.2) is 12.1 Å². The van der Waals surface area contributed by atoms with Gasteiger partial charge in [0.25, 0.3) is 0 Å². The zero-order chi connectivity index (χ0) is 11.7. The van der Waals surface area contributed by atoms with Crippen molar-refractivity contribution in [3.8, 4) is 0 Å². The smallest absolute Gasteiger partial charge is 0.224 e. The molecule has 0 atom stereocenters. The van der Waals surface area contributed by atoms with Crippen LogP contribution in [0.4, 0.5) is 17.1 Å². The van der Waals surface area contributed by atoms with Crippen molar-refractivity contribution in [3.63, 3.8) is 0 Å². The summed E-state index contributed by atoms with van der Waals surface area (Å²) < 4.78 is 0. The van der Waals surface area contributed by atoms with Crippen LogP contribution in [0.1, 0.15) is 18.9 Å². The third-order valence-corrected chi connectivity index (χ3v) is 3.03. The molecule has 1 aromatic rings. The average molecular weight is 219 g/mol. The topological polar surface area (TPSA) is 58.4 Å². The summed E-state index contributed by atoms with van der Waals surface area (Å²) in [5, 5.41) is 2.85. The molecule has 4 heteroatoms. The van der Waals surface area contributed by atoms with E-state index in [0.717, 1.165) is 24.3 Å². The van der Waals surface area contributed by atoms with Gasteiger partial charge >= 0.3 is 0 Å². The van der Waals surface area contributed by atoms with Crippen LogP contribution in [-0.4, -0.2) is 19.5 Å². The van der Waals surface area contributed by atoms with Crippen LogP contribution in [0.2, 0.25) is 0 Å². The van der Waals surface area contributed by atoms with Gasteiger partial charge in [0, 0.05) is 25.7 Å². The third kappa shape index (κ3) is 1.83. The minimum absolute atomic E-state index is 0.0727. The summed E-state index contributed by atoms with van der Waals surface area (Å²) in [4.78, 5) is 13.4. The molecule has 1 heterocycles. The molecular weight excluding hydrogens is 202 g/mol. The highest BCUT2D eigenvalue weighted by Gasteiger charge is 2.17. The van der Waals surface area contributed by atoms with Crippen LogP contribution < -0.4 is 16.0 Å². The average Bonchev–Trinajstić information content (AvgIpc) is 2.27. The molecule has 1 aromatic carbocycles. The molecule has 0 fully saturated rings. The van der Waals surface area contributed by atoms with Gasteiger partial charge in [-0.3, -0.25) is 4.79 Å². The van der Waals surface area contributed by atoms with E-state index in [1.165, 1.54) is 5.56 Å². The number of nitrogen functional groups attached to an aromatic ring is 1. The Hall–Kier alpha value is -1.71. The van der Waals surface area contributed by atoms with Gasteiger partial charge in [0.15, 0.2) is 0 Å². The number of fused-ring (bicyclic) bond motifs is 1. The second-order valence-electron chi connectivity index (χ2n) is 4.13. The maximum atomic E-state index is 11.2. The number of anilines is 3. The molecule has 86 valence electrons. The van der Waals surface area contributed by atoms with E-state index in [9.17, 15) is 4.79 Å². The summed E-state index contributed by atoms with van der Waals surface area (Å²) in [7, 11) is 2.01. The van der Waals surface area contributed by atoms with E-state index in [0.29, 0.717) is 12.1 Å². The molecular formula is C12H17N3O. The van der Waals surface area contributed by atoms with Gasteiger partial charge in [0.1, 0.15) is 0 Å². The molecule has 1 aliphatic rings. The molecule has 4 nitrogen and oxygen atoms in total. The van der Waals surface area contributed by atoms with Gasteiger partial charge in [-0.1, -0.05) is 0 Å². The summed E-state index contributed by atoms with van der Waals surface area (Å²) in [6.07, 6.45) is 1.36. The van der Waals surface area contributed by atoms with Gasteiger partial charge in [-0.15, -0.1) is 0 Å². The van der Waals surface area contributed by atoms with E-state index in [-0.39, 0.29) is 5.91 Å². The lowest BCUT2D eigenvalue weighted by Crippen LogP contribution is -2.22. The standard InChI is InChI=1S/C12H17N3O/c1-3-15(2)11-6-8-4-5-12(16)14-10(8)7-9(11)13/h6-7H,3-5,13H2,1-2H3,(H,14,16). The molecule has 0 radical (unpaired) electrons. The first kappa shape index (κ1) is 10.8. The van der Waals surface area contributed by atoms with E-state index in [1.807, 2.05) is 13.1 Å². The number of nitrogens with one attached hydrogen (secondary N) is 1. The Balaban J connectivity index is 2.41. The number of nitrogens with zero attached hydrogens (tertiary/aromatic N) is 1. The van der Waals surface area contributed by atoms with Crippen molar-refractivity contribution >= 4 is 23.0 Å². The molecule has 0 saturated carbocycles. The van der Waals surface area contributed by atoms with Gasteiger partial charge in [0.2, 0.25) is 5.91 Å². The van der Waals surface area contributed by atoms with Crippen molar-refractivity contribution in [1.29, 1.82) is 0 Å². The number of amides is 1. The van der Waals surface area contributed by atoms with Crippen molar-refractivity contribution < 1.29 is 4.79 Å². The maximum Gasteiger partial charge on any atom is 0.224 e. The monoisotopic (exact) mass is 219 g/mol. The van der Waals surface area contributed by atoms with Gasteiger partial charge in [-0.05, 0) is 31.0 Å². The Morgan fingerprint density at radius 3 is 2.88 bits per heavy atom. The highest BCUT2D eigenvalue weighted by atomic mass is 16.1. The SMILES string of the molecule is CCN(C)c1cc2c(cc1N)NC(=O)CC2. The number of hydrogen-bond donors (Lipinski definition) is 2. The molecule has 1 aliphatic heterocycles. The number of carbonyl (C=O) groups excluding carboxylic acids is 1. The Bertz CT molecular complexity index is 429. The fourth-order valence-electron chi connectivity index (χ4n) is 1.93. The number of nitrogens with two attached hydrogens (primary N) is 1. The van der Waals surface area contributed by atoms with Crippen LogP contribution in [-0.2, 0) is 11.2 Å². The quantitative estimate of drug-likeness (QED) is 0.743. The summed E-state index contributed by atoms with van der Waals surface area (Å²) in [6, 6.07) is 3.93. The number of benzene rings is 1. The van der Waals surface area contributed by atoms with E-state index >= 15 is 0 Å². The number of hydrogen-bond acceptors (Lipinski definition) is 3. The maximum absolute atomic E-state index is 11.2. The van der Waals surface area contributed by atoms with Crippen LogP contribution in [0.25, 0.3) is 0 Å². The van der Waals surface area contributed by atoms with Crippen molar-refractivity contribution in [2.45, 2.75) is 19.8 Å². The molecule has 0 unspecified atom stereocenters. The Labute approximate surface area is 95.4 Å². The largest absolute Gasteiger partial charge is 0.397 e. The molecule has 0 spiro atoms. The highest BCUT2D eigenvalue weighted by Crippen LogP contribution is 2.32. The van der Waals surface area contributed by atoms with Gasteiger partial charge < -0.3 is 16.0 Å². The Morgan fingerprint density at radius 1 is 1.44 bits per heavy atom. The van der Waals surface area contributed by atoms with Gasteiger partial charge in [0.05, 0.1) is 11.4 Å². The summed E-state index contributed by atoms with van der Waals surface area (Å²) in [6.45, 7) is 3.00. The van der Waals surface area contributed by atoms with Gasteiger partial charge in [-0.25, -0.2) is 0 Å². The lowest BCUT2D eigenvalue weighted by molar-refractivity contribution is -0.116. The minimum Gasteiger partial charge on any atom is -0.397 e. The number of carbonyl (C=O) groups is 1. The van der Waals surface area contributed by atoms with Crippen molar-refractivity contribution in [2.75, 3.05) is 29.5 Å². The molecule has 0 aromatic heterocycles. The van der Waals surface area contributed by atoms with E-state index in [1.54, 1.807) is 0 Å². The number of rotatable bonds is 2. The highest BCUT2D eigenvalue weighted by molar-refractivity contribution is 5.95. The van der Waals surface area contributed by atoms with E-state index in [4.69, 9.17) is 5.73 Å². The van der Waals surface area contributed by atoms with Crippen molar-refractivity contribution in [2.24, 2.45) is 0 Å². The van der Waals surface area contributed by atoms with Crippen molar-refractivity contribution in [1.82, 2.24) is 0 Å². The molecule has 0 bridgehead atoms. The van der Waals surface area contributed by atoms with Gasteiger partial charge in [-0.2, -0.15) is 0 Å². The van der Waals surface area contributed by atoms with Crippen molar-refractivity contribution in [3.05, 3.63) is 17.7 Å². The Morgan fingerprint density at radius 2 is 2.19 bits per heavy atom. The van der Waals surface area contributed by atoms with E-state index in [2.05, 4.69) is 23.2 Å². The van der Waals surface area contributed by atoms with Crippen LogP contribution in [0.3, 0.4) is 0 Å². The lowest BCUT2D eigenvalue weighted by atomic mass is 10.0. The molecule has 16 heavy (non-hydrogen) atoms. The third-order valence-electron chi connectivity index (χ3n) is 3.03. The predicted octanol–water partition coefficient (Wildman–Crippen LogP) is 1.61. The molecule has 3 N–H and O–H groups in total. The van der Waals surface area contributed by atoms with Crippen LogP contribution in [0.5, 0.6) is 0 Å². The zero-order valence-corrected chi connectivity index (χ0v) is 9.71. The molecule has 1 amide bonds. The summed E-state index contributed by atoms with van der Waals surface area (Å²) in [5.74, 6) is 0.0727. The zero-order valence-electron chi connectivity index (χ0n) is 9.71. The fraction of sp³-hybridized carbons (Fsp3) is 0.417. The Kier molecular flexibility index (Phi) is 2.73. The number of aryl methyl sites for hydroxylation is 1. The predicted molar refractivity (Wildman–Crippen MR) is 66.7 cm³/mol. The first-order chi connectivity index (χ1) is 7.61. The molecule has 0 aliphatic carbocycles.